The van der Waals surface area contributed by atoms with Crippen LogP contribution in [0.15, 0.2) is 47.8 Å². The highest BCUT2D eigenvalue weighted by Gasteiger charge is 2.10. The molecule has 2 nitrogen and oxygen atoms in total. The molecule has 2 aromatic carbocycles. The van der Waals surface area contributed by atoms with Crippen molar-refractivity contribution in [3.05, 3.63) is 74.0 Å². The predicted octanol–water partition coefficient (Wildman–Crippen LogP) is 6.49. The van der Waals surface area contributed by atoms with E-state index in [1.54, 1.807) is 18.2 Å². The molecule has 0 spiro atoms. The minimum Gasteiger partial charge on any atom is -0.235 e. The number of aromatic nitrogens is 1. The highest BCUT2D eigenvalue weighted by atomic mass is 35.5. The summed E-state index contributed by atoms with van der Waals surface area (Å²) in [5.41, 5.74) is 4.24. The minimum atomic E-state index is 0.433. The second-order valence-electron chi connectivity index (χ2n) is 5.22. The van der Waals surface area contributed by atoms with Crippen LogP contribution < -0.4 is 0 Å². The number of hydrogen-bond acceptors (Lipinski definition) is 3. The lowest BCUT2D eigenvalue weighted by molar-refractivity contribution is 1.36. The normalized spacial score (nSPS) is 11.3. The van der Waals surface area contributed by atoms with Crippen LogP contribution in [0.25, 0.3) is 22.9 Å². The molecule has 1 heterocycles. The molecular formula is C19H12Cl2N2S. The topological polar surface area (TPSA) is 36.7 Å². The maximum atomic E-state index is 9.49. The van der Waals surface area contributed by atoms with E-state index in [1.807, 2.05) is 42.6 Å². The van der Waals surface area contributed by atoms with Gasteiger partial charge in [0.25, 0.3) is 0 Å². The Labute approximate surface area is 154 Å². The van der Waals surface area contributed by atoms with Crippen LogP contribution in [-0.4, -0.2) is 4.98 Å². The van der Waals surface area contributed by atoms with E-state index >= 15 is 0 Å². The number of benzene rings is 2. The summed E-state index contributed by atoms with van der Waals surface area (Å²) in [6, 6.07) is 15.7. The molecule has 5 heteroatoms. The van der Waals surface area contributed by atoms with E-state index in [2.05, 4.69) is 11.1 Å². The number of allylic oxidation sites excluding steroid dienone is 1. The Morgan fingerprint density at radius 1 is 1.17 bits per heavy atom. The smallest absolute Gasteiger partial charge is 0.134 e. The monoisotopic (exact) mass is 370 g/mol. The number of halogens is 2. The van der Waals surface area contributed by atoms with Crippen molar-refractivity contribution < 1.29 is 0 Å². The van der Waals surface area contributed by atoms with Crippen molar-refractivity contribution in [3.63, 3.8) is 0 Å². The molecule has 0 unspecified atom stereocenters. The first-order chi connectivity index (χ1) is 11.6. The Morgan fingerprint density at radius 2 is 1.92 bits per heavy atom. The van der Waals surface area contributed by atoms with Gasteiger partial charge in [0, 0.05) is 10.9 Å². The Balaban J connectivity index is 1.98. The molecule has 1 aromatic heterocycles. The molecule has 0 atom stereocenters. The zero-order chi connectivity index (χ0) is 17.1. The number of hydrogen-bond donors (Lipinski definition) is 0. The fourth-order valence-electron chi connectivity index (χ4n) is 2.18. The van der Waals surface area contributed by atoms with Crippen molar-refractivity contribution >= 4 is 46.2 Å². The lowest BCUT2D eigenvalue weighted by atomic mass is 10.1. The van der Waals surface area contributed by atoms with Crippen LogP contribution in [0.1, 0.15) is 16.1 Å². The second-order valence-corrected chi connectivity index (χ2v) is 6.86. The summed E-state index contributed by atoms with van der Waals surface area (Å²) < 4.78 is 0. The van der Waals surface area contributed by atoms with Crippen molar-refractivity contribution in [2.45, 2.75) is 6.92 Å². The minimum absolute atomic E-state index is 0.433. The third-order valence-corrected chi connectivity index (χ3v) is 5.19. The molecule has 0 N–H and O–H groups in total. The fourth-order valence-corrected chi connectivity index (χ4v) is 3.34. The molecule has 0 fully saturated rings. The highest BCUT2D eigenvalue weighted by Crippen LogP contribution is 2.31. The first kappa shape index (κ1) is 16.7. The molecule has 0 radical (unpaired) electrons. The molecule has 0 saturated carbocycles. The Bertz CT molecular complexity index is 950. The van der Waals surface area contributed by atoms with Crippen molar-refractivity contribution in [3.8, 4) is 17.3 Å². The van der Waals surface area contributed by atoms with Crippen LogP contribution >= 0.6 is 34.5 Å². The molecule has 0 aliphatic carbocycles. The molecule has 118 valence electrons. The third kappa shape index (κ3) is 3.52. The summed E-state index contributed by atoms with van der Waals surface area (Å²) in [6.45, 7) is 2.04. The third-order valence-electron chi connectivity index (χ3n) is 3.48. The summed E-state index contributed by atoms with van der Waals surface area (Å²) in [5, 5.41) is 13.0. The zero-order valence-electron chi connectivity index (χ0n) is 12.8. The van der Waals surface area contributed by atoms with E-state index in [1.165, 1.54) is 16.9 Å². The van der Waals surface area contributed by atoms with Gasteiger partial charge < -0.3 is 0 Å². The van der Waals surface area contributed by atoms with Gasteiger partial charge in [-0.3, -0.25) is 0 Å². The van der Waals surface area contributed by atoms with Gasteiger partial charge in [0.05, 0.1) is 21.3 Å². The molecule has 0 aliphatic rings. The van der Waals surface area contributed by atoms with E-state index < -0.39 is 0 Å². The summed E-state index contributed by atoms with van der Waals surface area (Å²) in [4.78, 5) is 4.58. The number of aryl methyl sites for hydroxylation is 1. The van der Waals surface area contributed by atoms with Crippen molar-refractivity contribution in [1.29, 1.82) is 5.26 Å². The zero-order valence-corrected chi connectivity index (χ0v) is 15.1. The van der Waals surface area contributed by atoms with Crippen LogP contribution in [0.5, 0.6) is 0 Å². The molecular weight excluding hydrogens is 359 g/mol. The van der Waals surface area contributed by atoms with Gasteiger partial charge in [-0.15, -0.1) is 11.3 Å². The molecule has 0 saturated heterocycles. The average Bonchev–Trinajstić information content (AvgIpc) is 3.06. The van der Waals surface area contributed by atoms with Crippen LogP contribution in [0.4, 0.5) is 0 Å². The largest absolute Gasteiger partial charge is 0.235 e. The van der Waals surface area contributed by atoms with E-state index in [4.69, 9.17) is 23.2 Å². The van der Waals surface area contributed by atoms with Gasteiger partial charge >= 0.3 is 0 Å². The molecule has 3 rings (SSSR count). The molecule has 0 bridgehead atoms. The predicted molar refractivity (Wildman–Crippen MR) is 102 cm³/mol. The number of nitrogens with zero attached hydrogens (tertiary/aromatic N) is 2. The number of thiazole rings is 1. The van der Waals surface area contributed by atoms with Gasteiger partial charge in [0.1, 0.15) is 11.1 Å². The summed E-state index contributed by atoms with van der Waals surface area (Å²) >= 11 is 13.7. The van der Waals surface area contributed by atoms with Crippen LogP contribution in [-0.2, 0) is 0 Å². The Hall–Kier alpha value is -2.12. The molecule has 0 aliphatic heterocycles. The van der Waals surface area contributed by atoms with Crippen LogP contribution in [0, 0.1) is 18.3 Å². The van der Waals surface area contributed by atoms with Crippen LogP contribution in [0.2, 0.25) is 10.0 Å². The van der Waals surface area contributed by atoms with E-state index in [0.717, 1.165) is 11.3 Å². The van der Waals surface area contributed by atoms with Gasteiger partial charge in [0.2, 0.25) is 0 Å². The summed E-state index contributed by atoms with van der Waals surface area (Å²) in [6.07, 6.45) is 1.71. The standard InChI is InChI=1S/C19H12Cl2N2S/c1-12-5-7-13(8-6-12)17-11-24-19(23-17)15(10-22)9-14-3-2-4-16(20)18(14)21/h2-9,11H,1H3/b15-9+. The Morgan fingerprint density at radius 3 is 2.62 bits per heavy atom. The summed E-state index contributed by atoms with van der Waals surface area (Å²) in [5.74, 6) is 0. The number of rotatable bonds is 3. The summed E-state index contributed by atoms with van der Waals surface area (Å²) in [7, 11) is 0. The first-order valence-electron chi connectivity index (χ1n) is 7.17. The van der Waals surface area contributed by atoms with Crippen molar-refractivity contribution in [2.75, 3.05) is 0 Å². The SMILES string of the molecule is Cc1ccc(-c2csc(/C(C#N)=C/c3cccc(Cl)c3Cl)n2)cc1. The van der Waals surface area contributed by atoms with E-state index in [9.17, 15) is 5.26 Å². The highest BCUT2D eigenvalue weighted by molar-refractivity contribution is 7.11. The average molecular weight is 371 g/mol. The maximum absolute atomic E-state index is 9.49. The molecule has 0 amide bonds. The number of nitriles is 1. The molecule has 24 heavy (non-hydrogen) atoms. The first-order valence-corrected chi connectivity index (χ1v) is 8.81. The van der Waals surface area contributed by atoms with E-state index in [-0.39, 0.29) is 0 Å². The van der Waals surface area contributed by atoms with Crippen molar-refractivity contribution in [1.82, 2.24) is 4.98 Å². The lowest BCUT2D eigenvalue weighted by Crippen LogP contribution is -1.84. The van der Waals surface area contributed by atoms with Gasteiger partial charge in [-0.1, -0.05) is 65.2 Å². The van der Waals surface area contributed by atoms with Gasteiger partial charge in [-0.25, -0.2) is 4.98 Å². The van der Waals surface area contributed by atoms with Gasteiger partial charge in [-0.2, -0.15) is 5.26 Å². The molecule has 3 aromatic rings. The second kappa shape index (κ2) is 7.19. The van der Waals surface area contributed by atoms with Gasteiger partial charge in [-0.05, 0) is 24.6 Å². The van der Waals surface area contributed by atoms with Crippen molar-refractivity contribution in [2.24, 2.45) is 0 Å². The van der Waals surface area contributed by atoms with Crippen LogP contribution in [0.3, 0.4) is 0 Å². The lowest BCUT2D eigenvalue weighted by Gasteiger charge is -2.01. The quantitative estimate of drug-likeness (QED) is 0.494. The Kier molecular flexibility index (Phi) is 5.01. The maximum Gasteiger partial charge on any atom is 0.134 e. The van der Waals surface area contributed by atoms with E-state index in [0.29, 0.717) is 26.2 Å². The fraction of sp³-hybridized carbons (Fsp3) is 0.0526. The van der Waals surface area contributed by atoms with Gasteiger partial charge in [0.15, 0.2) is 0 Å².